The summed E-state index contributed by atoms with van der Waals surface area (Å²) in [6.45, 7) is 1.57. The average Bonchev–Trinajstić information content (AvgIpc) is 2.39. The molecule has 0 aliphatic heterocycles. The van der Waals surface area contributed by atoms with Crippen LogP contribution in [-0.4, -0.2) is 17.3 Å². The van der Waals surface area contributed by atoms with E-state index < -0.39 is 0 Å². The standard InChI is InChI=1S/C16H20O3/c1-13(17)8-4-2-7-11-15(18)12-16(19)14-9-5-3-6-10-14/h3,5-6,9-10H,2,4,7-8,11-12H2,1H3. The molecule has 3 nitrogen and oxygen atoms in total. The molecule has 0 spiro atoms. The molecule has 0 saturated carbocycles. The fraction of sp³-hybridized carbons (Fsp3) is 0.438. The van der Waals surface area contributed by atoms with Crippen LogP contribution in [0.15, 0.2) is 30.3 Å². The Morgan fingerprint density at radius 3 is 2.16 bits per heavy atom. The van der Waals surface area contributed by atoms with Crippen molar-refractivity contribution in [2.75, 3.05) is 0 Å². The van der Waals surface area contributed by atoms with E-state index in [-0.39, 0.29) is 23.8 Å². The molecule has 0 amide bonds. The van der Waals surface area contributed by atoms with Gasteiger partial charge in [-0.15, -0.1) is 0 Å². The molecule has 1 rings (SSSR count). The smallest absolute Gasteiger partial charge is 0.170 e. The first-order valence-electron chi connectivity index (χ1n) is 6.69. The number of hydrogen-bond acceptors (Lipinski definition) is 3. The maximum atomic E-state index is 11.8. The molecule has 0 saturated heterocycles. The van der Waals surface area contributed by atoms with Crippen molar-refractivity contribution in [3.05, 3.63) is 35.9 Å². The van der Waals surface area contributed by atoms with Crippen molar-refractivity contribution >= 4 is 17.3 Å². The lowest BCUT2D eigenvalue weighted by atomic mass is 10.0. The van der Waals surface area contributed by atoms with Gasteiger partial charge in [-0.3, -0.25) is 9.59 Å². The highest BCUT2D eigenvalue weighted by atomic mass is 16.1. The van der Waals surface area contributed by atoms with E-state index in [2.05, 4.69) is 0 Å². The van der Waals surface area contributed by atoms with Crippen molar-refractivity contribution in [3.63, 3.8) is 0 Å². The predicted molar refractivity (Wildman–Crippen MR) is 74.2 cm³/mol. The highest BCUT2D eigenvalue weighted by Crippen LogP contribution is 2.08. The molecule has 19 heavy (non-hydrogen) atoms. The molecule has 0 heterocycles. The van der Waals surface area contributed by atoms with Crippen LogP contribution in [0.5, 0.6) is 0 Å². The molecule has 0 fully saturated rings. The fourth-order valence-corrected chi connectivity index (χ4v) is 1.87. The van der Waals surface area contributed by atoms with E-state index in [0.29, 0.717) is 18.4 Å². The van der Waals surface area contributed by atoms with Crippen LogP contribution < -0.4 is 0 Å². The second-order valence-electron chi connectivity index (χ2n) is 4.77. The highest BCUT2D eigenvalue weighted by molar-refractivity contribution is 6.07. The van der Waals surface area contributed by atoms with Crippen molar-refractivity contribution in [1.29, 1.82) is 0 Å². The summed E-state index contributed by atoms with van der Waals surface area (Å²) in [7, 11) is 0. The van der Waals surface area contributed by atoms with Gasteiger partial charge < -0.3 is 4.79 Å². The Labute approximate surface area is 114 Å². The van der Waals surface area contributed by atoms with Crippen LogP contribution in [0.4, 0.5) is 0 Å². The van der Waals surface area contributed by atoms with Crippen molar-refractivity contribution in [2.45, 2.75) is 45.4 Å². The molecule has 0 radical (unpaired) electrons. The number of unbranched alkanes of at least 4 members (excludes halogenated alkanes) is 2. The summed E-state index contributed by atoms with van der Waals surface area (Å²) in [5, 5.41) is 0. The van der Waals surface area contributed by atoms with Gasteiger partial charge in [0.2, 0.25) is 0 Å². The summed E-state index contributed by atoms with van der Waals surface area (Å²) in [5.74, 6) is 0.0524. The third-order valence-corrected chi connectivity index (χ3v) is 2.94. The second-order valence-corrected chi connectivity index (χ2v) is 4.77. The minimum Gasteiger partial charge on any atom is -0.300 e. The largest absolute Gasteiger partial charge is 0.300 e. The zero-order chi connectivity index (χ0) is 14.1. The van der Waals surface area contributed by atoms with Gasteiger partial charge in [0.25, 0.3) is 0 Å². The number of benzene rings is 1. The van der Waals surface area contributed by atoms with Crippen molar-refractivity contribution in [2.24, 2.45) is 0 Å². The van der Waals surface area contributed by atoms with Crippen molar-refractivity contribution in [1.82, 2.24) is 0 Å². The van der Waals surface area contributed by atoms with Crippen molar-refractivity contribution in [3.8, 4) is 0 Å². The van der Waals surface area contributed by atoms with Gasteiger partial charge in [0.05, 0.1) is 6.42 Å². The first-order chi connectivity index (χ1) is 9.09. The van der Waals surface area contributed by atoms with E-state index in [0.717, 1.165) is 19.3 Å². The lowest BCUT2D eigenvalue weighted by Gasteiger charge is -2.01. The van der Waals surface area contributed by atoms with Gasteiger partial charge in [-0.1, -0.05) is 36.8 Å². The Morgan fingerprint density at radius 1 is 0.895 bits per heavy atom. The molecule has 0 atom stereocenters. The molecular weight excluding hydrogens is 240 g/mol. The summed E-state index contributed by atoms with van der Waals surface area (Å²) in [6, 6.07) is 8.87. The van der Waals surface area contributed by atoms with Crippen LogP contribution in [0.2, 0.25) is 0 Å². The van der Waals surface area contributed by atoms with Crippen LogP contribution in [0.1, 0.15) is 55.8 Å². The van der Waals surface area contributed by atoms with Crippen LogP contribution in [0, 0.1) is 0 Å². The fourth-order valence-electron chi connectivity index (χ4n) is 1.87. The Hall–Kier alpha value is -1.77. The zero-order valence-electron chi connectivity index (χ0n) is 11.4. The summed E-state index contributed by atoms with van der Waals surface area (Å²) < 4.78 is 0. The molecule has 0 unspecified atom stereocenters. The molecule has 102 valence electrons. The Kier molecular flexibility index (Phi) is 6.72. The maximum absolute atomic E-state index is 11.8. The van der Waals surface area contributed by atoms with Gasteiger partial charge >= 0.3 is 0 Å². The first-order valence-corrected chi connectivity index (χ1v) is 6.69. The van der Waals surface area contributed by atoms with Crippen LogP contribution in [0.25, 0.3) is 0 Å². The normalized spacial score (nSPS) is 10.2. The Bertz CT molecular complexity index is 435. The zero-order valence-corrected chi connectivity index (χ0v) is 11.4. The van der Waals surface area contributed by atoms with E-state index in [1.54, 1.807) is 31.2 Å². The molecule has 1 aromatic rings. The third-order valence-electron chi connectivity index (χ3n) is 2.94. The third kappa shape index (κ3) is 6.65. The molecule has 3 heteroatoms. The first kappa shape index (κ1) is 15.3. The van der Waals surface area contributed by atoms with Crippen molar-refractivity contribution < 1.29 is 14.4 Å². The molecule has 0 aromatic heterocycles. The van der Waals surface area contributed by atoms with E-state index in [1.165, 1.54) is 0 Å². The van der Waals surface area contributed by atoms with Crippen LogP contribution >= 0.6 is 0 Å². The monoisotopic (exact) mass is 260 g/mol. The SMILES string of the molecule is CC(=O)CCCCCC(=O)CC(=O)c1ccccc1. The van der Waals surface area contributed by atoms with Crippen LogP contribution in [-0.2, 0) is 9.59 Å². The Balaban J connectivity index is 2.21. The molecule has 0 aliphatic carbocycles. The molecule has 0 aliphatic rings. The number of Topliss-reactive ketones (excluding diaryl/α,β-unsaturated/α-hetero) is 3. The minimum absolute atomic E-state index is 0.0170. The van der Waals surface area contributed by atoms with Gasteiger partial charge in [0, 0.05) is 18.4 Å². The number of ketones is 3. The highest BCUT2D eigenvalue weighted by Gasteiger charge is 2.11. The Morgan fingerprint density at radius 2 is 1.53 bits per heavy atom. The quantitative estimate of drug-likeness (QED) is 0.388. The average molecular weight is 260 g/mol. The van der Waals surface area contributed by atoms with Crippen LogP contribution in [0.3, 0.4) is 0 Å². The lowest BCUT2D eigenvalue weighted by Crippen LogP contribution is -2.08. The van der Waals surface area contributed by atoms with E-state index in [4.69, 9.17) is 0 Å². The van der Waals surface area contributed by atoms with Gasteiger partial charge in [0.15, 0.2) is 5.78 Å². The number of carbonyl (C=O) groups is 3. The van der Waals surface area contributed by atoms with Gasteiger partial charge in [-0.05, 0) is 19.8 Å². The van der Waals surface area contributed by atoms with E-state index in [9.17, 15) is 14.4 Å². The molecular formula is C16H20O3. The summed E-state index contributed by atoms with van der Waals surface area (Å²) in [5.41, 5.74) is 0.590. The van der Waals surface area contributed by atoms with Gasteiger partial charge in [-0.25, -0.2) is 0 Å². The molecule has 0 N–H and O–H groups in total. The predicted octanol–water partition coefficient (Wildman–Crippen LogP) is 3.37. The van der Waals surface area contributed by atoms with Gasteiger partial charge in [-0.2, -0.15) is 0 Å². The second kappa shape index (κ2) is 8.35. The number of hydrogen-bond donors (Lipinski definition) is 0. The number of carbonyl (C=O) groups excluding carboxylic acids is 3. The minimum atomic E-state index is -0.116. The van der Waals surface area contributed by atoms with E-state index in [1.807, 2.05) is 6.07 Å². The molecule has 1 aromatic carbocycles. The molecule has 0 bridgehead atoms. The topological polar surface area (TPSA) is 51.2 Å². The summed E-state index contributed by atoms with van der Waals surface area (Å²) in [6.07, 6.45) is 3.44. The number of rotatable bonds is 9. The summed E-state index contributed by atoms with van der Waals surface area (Å²) in [4.78, 5) is 34.1. The summed E-state index contributed by atoms with van der Waals surface area (Å²) >= 11 is 0. The lowest BCUT2D eigenvalue weighted by molar-refractivity contribution is -0.118. The maximum Gasteiger partial charge on any atom is 0.170 e. The van der Waals surface area contributed by atoms with E-state index >= 15 is 0 Å². The van der Waals surface area contributed by atoms with Gasteiger partial charge in [0.1, 0.15) is 11.6 Å².